The number of carbonyl (C=O) groups is 2. The van der Waals surface area contributed by atoms with Crippen molar-refractivity contribution < 1.29 is 9.59 Å². The van der Waals surface area contributed by atoms with E-state index in [1.54, 1.807) is 6.08 Å². The predicted octanol–water partition coefficient (Wildman–Crippen LogP) is 2.74. The second kappa shape index (κ2) is 4.95. The summed E-state index contributed by atoms with van der Waals surface area (Å²) in [5.41, 5.74) is 0.858. The fraction of sp³-hybridized carbons (Fsp3) is 0.500. The Hall–Kier alpha value is -2.10. The molecule has 2 aliphatic heterocycles. The highest BCUT2D eigenvalue weighted by molar-refractivity contribution is 6.18. The van der Waals surface area contributed by atoms with Gasteiger partial charge >= 0.3 is 0 Å². The summed E-state index contributed by atoms with van der Waals surface area (Å²) >= 11 is 0. The first kappa shape index (κ1) is 15.4. The number of para-hydroxylation sites is 1. The predicted molar refractivity (Wildman–Crippen MR) is 93.8 cm³/mol. The molecule has 2 amide bonds. The van der Waals surface area contributed by atoms with Gasteiger partial charge in [-0.1, -0.05) is 38.1 Å². The third-order valence-electron chi connectivity index (χ3n) is 6.37. The third-order valence-corrected chi connectivity index (χ3v) is 6.37. The molecule has 0 unspecified atom stereocenters. The Kier molecular flexibility index (Phi) is 3.18. The summed E-state index contributed by atoms with van der Waals surface area (Å²) in [6.07, 6.45) is 3.53. The number of rotatable bonds is 4. The molecule has 0 bridgehead atoms. The number of nitrogens with zero attached hydrogens (tertiary/aromatic N) is 2. The van der Waals surface area contributed by atoms with Crippen LogP contribution >= 0.6 is 0 Å². The first-order valence-corrected chi connectivity index (χ1v) is 8.84. The minimum atomic E-state index is -0.903. The third kappa shape index (κ3) is 1.50. The smallest absolute Gasteiger partial charge is 0.243 e. The molecule has 1 saturated carbocycles. The number of amides is 2. The molecule has 3 aliphatic rings. The summed E-state index contributed by atoms with van der Waals surface area (Å²) in [7, 11) is 0. The van der Waals surface area contributed by atoms with Gasteiger partial charge in [0.25, 0.3) is 0 Å². The van der Waals surface area contributed by atoms with Crippen LogP contribution in [0.3, 0.4) is 0 Å². The molecular formula is C20H24N2O2. The number of likely N-dealkylation sites (tertiary alicyclic amines) is 1. The number of hydrogen-bond donors (Lipinski definition) is 0. The Bertz CT molecular complexity index is 743. The Morgan fingerprint density at radius 3 is 2.75 bits per heavy atom. The van der Waals surface area contributed by atoms with Crippen LogP contribution in [0.1, 0.15) is 32.3 Å². The van der Waals surface area contributed by atoms with Crippen molar-refractivity contribution in [2.75, 3.05) is 24.5 Å². The molecule has 1 aliphatic carbocycles. The van der Waals surface area contributed by atoms with Crippen LogP contribution in [0.25, 0.3) is 0 Å². The zero-order valence-electron chi connectivity index (χ0n) is 14.4. The first-order valence-electron chi connectivity index (χ1n) is 8.84. The molecule has 4 rings (SSSR count). The number of benzene rings is 1. The maximum absolute atomic E-state index is 13.6. The van der Waals surface area contributed by atoms with E-state index in [-0.39, 0.29) is 23.1 Å². The van der Waals surface area contributed by atoms with E-state index in [0.717, 1.165) is 24.1 Å². The molecule has 0 N–H and O–H groups in total. The molecule has 126 valence electrons. The summed E-state index contributed by atoms with van der Waals surface area (Å²) in [4.78, 5) is 30.6. The van der Waals surface area contributed by atoms with Crippen molar-refractivity contribution in [3.8, 4) is 0 Å². The average molecular weight is 324 g/mol. The maximum atomic E-state index is 13.6. The molecular weight excluding hydrogens is 300 g/mol. The van der Waals surface area contributed by atoms with Crippen molar-refractivity contribution in [3.63, 3.8) is 0 Å². The van der Waals surface area contributed by atoms with E-state index in [1.807, 2.05) is 28.0 Å². The highest BCUT2D eigenvalue weighted by Crippen LogP contribution is 2.69. The molecule has 0 radical (unpaired) electrons. The van der Waals surface area contributed by atoms with Gasteiger partial charge in [-0.25, -0.2) is 0 Å². The lowest BCUT2D eigenvalue weighted by Gasteiger charge is -2.61. The van der Waals surface area contributed by atoms with Gasteiger partial charge in [0.05, 0.1) is 0 Å². The van der Waals surface area contributed by atoms with E-state index in [2.05, 4.69) is 26.5 Å². The van der Waals surface area contributed by atoms with Gasteiger partial charge in [-0.05, 0) is 24.5 Å². The van der Waals surface area contributed by atoms with Gasteiger partial charge in [-0.2, -0.15) is 0 Å². The Labute approximate surface area is 143 Å². The van der Waals surface area contributed by atoms with Crippen molar-refractivity contribution in [2.45, 2.75) is 32.1 Å². The number of fused-ring (bicyclic) bond motifs is 2. The summed E-state index contributed by atoms with van der Waals surface area (Å²) in [5, 5.41) is 0. The summed E-state index contributed by atoms with van der Waals surface area (Å²) in [6, 6.07) is 8.12. The van der Waals surface area contributed by atoms with Gasteiger partial charge in [0.1, 0.15) is 5.41 Å². The van der Waals surface area contributed by atoms with Crippen molar-refractivity contribution in [1.29, 1.82) is 0 Å². The molecule has 4 heteroatoms. The summed E-state index contributed by atoms with van der Waals surface area (Å²) in [6.45, 7) is 9.80. The Morgan fingerprint density at radius 2 is 2.04 bits per heavy atom. The molecule has 1 saturated heterocycles. The monoisotopic (exact) mass is 324 g/mol. The van der Waals surface area contributed by atoms with Crippen LogP contribution in [0.5, 0.6) is 0 Å². The standard InChI is InChI=1S/C20H24N2O2/c1-4-10-21-13-14-12-19(3)15-8-6-7-9-16(15)22(11-5-2)18(24)20(14,19)17(21)23/h4,6-9,14H,1,5,10-13H2,2-3H3/t14-,19-,20-/m0/s1. The second-order valence-electron chi connectivity index (χ2n) is 7.51. The Balaban J connectivity index is 1.90. The van der Waals surface area contributed by atoms with E-state index in [0.29, 0.717) is 19.6 Å². The van der Waals surface area contributed by atoms with Crippen LogP contribution in [-0.2, 0) is 15.0 Å². The zero-order valence-corrected chi connectivity index (χ0v) is 14.4. The van der Waals surface area contributed by atoms with Gasteiger partial charge in [-0.15, -0.1) is 6.58 Å². The molecule has 1 aromatic carbocycles. The van der Waals surface area contributed by atoms with Crippen LogP contribution < -0.4 is 4.90 Å². The lowest BCUT2D eigenvalue weighted by molar-refractivity contribution is -0.162. The van der Waals surface area contributed by atoms with Crippen LogP contribution in [0.4, 0.5) is 5.69 Å². The minimum Gasteiger partial charge on any atom is -0.338 e. The maximum Gasteiger partial charge on any atom is 0.243 e. The Morgan fingerprint density at radius 1 is 1.29 bits per heavy atom. The van der Waals surface area contributed by atoms with E-state index >= 15 is 0 Å². The molecule has 2 heterocycles. The number of anilines is 1. The highest BCUT2D eigenvalue weighted by Gasteiger charge is 2.78. The van der Waals surface area contributed by atoms with Crippen LogP contribution in [0.2, 0.25) is 0 Å². The summed E-state index contributed by atoms with van der Waals surface area (Å²) < 4.78 is 0. The van der Waals surface area contributed by atoms with Crippen LogP contribution in [0, 0.1) is 11.3 Å². The second-order valence-corrected chi connectivity index (χ2v) is 7.51. The molecule has 2 fully saturated rings. The SMILES string of the molecule is C=CCN1C[C@@H]2C[C@@]3(C)c4ccccc4N(CCC)C(=O)[C@@]23C1=O. The number of hydrogen-bond acceptors (Lipinski definition) is 2. The van der Waals surface area contributed by atoms with Crippen molar-refractivity contribution >= 4 is 17.5 Å². The molecule has 1 aromatic rings. The largest absolute Gasteiger partial charge is 0.338 e. The number of carbonyl (C=O) groups excluding carboxylic acids is 2. The van der Waals surface area contributed by atoms with Gasteiger partial charge in [0.15, 0.2) is 0 Å². The van der Waals surface area contributed by atoms with Gasteiger partial charge < -0.3 is 9.80 Å². The molecule has 4 nitrogen and oxygen atoms in total. The van der Waals surface area contributed by atoms with Crippen molar-refractivity contribution in [3.05, 3.63) is 42.5 Å². The molecule has 1 spiro atoms. The van der Waals surface area contributed by atoms with Gasteiger partial charge in [0, 0.05) is 36.7 Å². The lowest BCUT2D eigenvalue weighted by Crippen LogP contribution is -2.71. The topological polar surface area (TPSA) is 40.6 Å². The van der Waals surface area contributed by atoms with Crippen molar-refractivity contribution in [1.82, 2.24) is 4.90 Å². The first-order chi connectivity index (χ1) is 11.5. The van der Waals surface area contributed by atoms with Gasteiger partial charge in [0.2, 0.25) is 11.8 Å². The van der Waals surface area contributed by atoms with E-state index in [4.69, 9.17) is 0 Å². The van der Waals surface area contributed by atoms with E-state index in [9.17, 15) is 9.59 Å². The van der Waals surface area contributed by atoms with Gasteiger partial charge in [-0.3, -0.25) is 9.59 Å². The zero-order chi connectivity index (χ0) is 17.1. The van der Waals surface area contributed by atoms with Crippen LogP contribution in [-0.4, -0.2) is 36.3 Å². The van der Waals surface area contributed by atoms with Crippen molar-refractivity contribution in [2.24, 2.45) is 11.3 Å². The normalized spacial score (nSPS) is 33.7. The fourth-order valence-corrected chi connectivity index (χ4v) is 5.42. The summed E-state index contributed by atoms with van der Waals surface area (Å²) in [5.74, 6) is 0.135. The lowest BCUT2D eigenvalue weighted by atomic mass is 9.41. The minimum absolute atomic E-state index is 0.00163. The molecule has 24 heavy (non-hydrogen) atoms. The van der Waals surface area contributed by atoms with E-state index in [1.165, 1.54) is 0 Å². The highest BCUT2D eigenvalue weighted by atomic mass is 16.2. The van der Waals surface area contributed by atoms with E-state index < -0.39 is 5.41 Å². The quantitative estimate of drug-likeness (QED) is 0.631. The van der Waals surface area contributed by atoms with Crippen LogP contribution in [0.15, 0.2) is 36.9 Å². The molecule has 3 atom stereocenters. The fourth-order valence-electron chi connectivity index (χ4n) is 5.42. The molecule has 0 aromatic heterocycles. The average Bonchev–Trinajstić information content (AvgIpc) is 2.79.